The van der Waals surface area contributed by atoms with Crippen molar-refractivity contribution in [3.63, 3.8) is 0 Å². The molecule has 4 bridgehead atoms. The highest BCUT2D eigenvalue weighted by molar-refractivity contribution is 5.75. The van der Waals surface area contributed by atoms with Crippen molar-refractivity contribution in [1.29, 1.82) is 0 Å². The van der Waals surface area contributed by atoms with E-state index in [1.54, 1.807) is 0 Å². The zero-order chi connectivity index (χ0) is 25.9. The van der Waals surface area contributed by atoms with Crippen LogP contribution in [0.15, 0.2) is 0 Å². The minimum Gasteiger partial charge on any atom is -0.338 e. The monoisotopic (exact) mass is 500 g/mol. The second-order valence-electron chi connectivity index (χ2n) is 16.0. The molecule has 0 aromatic carbocycles. The topological polar surface area (TPSA) is 64.7 Å². The van der Waals surface area contributed by atoms with E-state index in [-0.39, 0.29) is 22.9 Å². The SMILES string of the molecule is CC1(C)C[C@H]2C[C@@](C)(CN2C(=O)NC[C@H]2CCC[C@@H](CNC(=O)N3C[C@@]4(C)C[C@H]3CC(C)(C)C4)C2)C1. The Hall–Kier alpha value is -1.46. The van der Waals surface area contributed by atoms with Gasteiger partial charge in [0.15, 0.2) is 0 Å². The van der Waals surface area contributed by atoms with Crippen LogP contribution in [-0.4, -0.2) is 60.1 Å². The average molecular weight is 501 g/mol. The maximum absolute atomic E-state index is 13.1. The molecule has 0 aromatic rings. The number of nitrogens with one attached hydrogen (secondary N) is 2. The van der Waals surface area contributed by atoms with Crippen LogP contribution in [0.1, 0.15) is 106 Å². The van der Waals surface area contributed by atoms with Crippen molar-refractivity contribution in [2.75, 3.05) is 26.2 Å². The van der Waals surface area contributed by atoms with Gasteiger partial charge in [-0.1, -0.05) is 48.0 Å². The van der Waals surface area contributed by atoms with Crippen LogP contribution in [0.2, 0.25) is 0 Å². The molecule has 204 valence electrons. The summed E-state index contributed by atoms with van der Waals surface area (Å²) in [7, 11) is 0. The molecule has 0 unspecified atom stereocenters. The Labute approximate surface area is 219 Å². The molecule has 5 aliphatic rings. The zero-order valence-corrected chi connectivity index (χ0v) is 23.9. The third kappa shape index (κ3) is 5.53. The van der Waals surface area contributed by atoms with Gasteiger partial charge < -0.3 is 20.4 Å². The molecule has 2 saturated heterocycles. The van der Waals surface area contributed by atoms with Crippen LogP contribution in [0.4, 0.5) is 9.59 Å². The fourth-order valence-electron chi connectivity index (χ4n) is 9.83. The fourth-order valence-corrected chi connectivity index (χ4v) is 9.83. The number of fused-ring (bicyclic) bond motifs is 4. The maximum atomic E-state index is 13.1. The molecule has 2 heterocycles. The second kappa shape index (κ2) is 9.08. The molecule has 36 heavy (non-hydrogen) atoms. The van der Waals surface area contributed by atoms with Crippen LogP contribution in [0.25, 0.3) is 0 Å². The van der Waals surface area contributed by atoms with E-state index in [0.29, 0.717) is 34.7 Å². The van der Waals surface area contributed by atoms with E-state index in [4.69, 9.17) is 0 Å². The largest absolute Gasteiger partial charge is 0.338 e. The predicted molar refractivity (Wildman–Crippen MR) is 145 cm³/mol. The molecule has 2 aliphatic heterocycles. The summed E-state index contributed by atoms with van der Waals surface area (Å²) in [6, 6.07) is 1.08. The number of likely N-dealkylation sites (tertiary alicyclic amines) is 2. The summed E-state index contributed by atoms with van der Waals surface area (Å²) in [5.41, 5.74) is 1.21. The quantitative estimate of drug-likeness (QED) is 0.496. The Morgan fingerprint density at radius 3 is 1.53 bits per heavy atom. The number of urea groups is 2. The van der Waals surface area contributed by atoms with Gasteiger partial charge in [0.05, 0.1) is 0 Å². The number of rotatable bonds is 4. The molecule has 3 aliphatic carbocycles. The molecule has 5 fully saturated rings. The van der Waals surface area contributed by atoms with Gasteiger partial charge >= 0.3 is 12.1 Å². The van der Waals surface area contributed by atoms with Crippen LogP contribution >= 0.6 is 0 Å². The lowest BCUT2D eigenvalue weighted by atomic mass is 9.65. The number of carbonyl (C=O) groups excluding carboxylic acids is 2. The highest BCUT2D eigenvalue weighted by Gasteiger charge is 2.52. The second-order valence-corrected chi connectivity index (χ2v) is 16.0. The smallest absolute Gasteiger partial charge is 0.317 e. The normalized spacial score (nSPS) is 40.7. The minimum absolute atomic E-state index is 0.147. The first-order valence-corrected chi connectivity index (χ1v) is 14.8. The first-order valence-electron chi connectivity index (χ1n) is 14.8. The molecule has 4 amide bonds. The van der Waals surface area contributed by atoms with E-state index in [2.05, 4.69) is 62.0 Å². The van der Waals surface area contributed by atoms with Gasteiger partial charge in [0.2, 0.25) is 0 Å². The molecular weight excluding hydrogens is 448 g/mol. The summed E-state index contributed by atoms with van der Waals surface area (Å²) in [4.78, 5) is 30.6. The Bertz CT molecular complexity index is 803. The summed E-state index contributed by atoms with van der Waals surface area (Å²) < 4.78 is 0. The Morgan fingerprint density at radius 1 is 0.694 bits per heavy atom. The predicted octanol–water partition coefficient (Wildman–Crippen LogP) is 6.01. The minimum atomic E-state index is 0.147. The van der Waals surface area contributed by atoms with E-state index in [1.165, 1.54) is 32.1 Å². The molecule has 3 saturated carbocycles. The molecule has 0 spiro atoms. The lowest BCUT2D eigenvalue weighted by Gasteiger charge is -2.39. The van der Waals surface area contributed by atoms with E-state index >= 15 is 0 Å². The number of hydrogen-bond acceptors (Lipinski definition) is 2. The molecular formula is C30H52N4O2. The third-order valence-electron chi connectivity index (χ3n) is 10.3. The van der Waals surface area contributed by atoms with Crippen molar-refractivity contribution in [2.24, 2.45) is 33.5 Å². The van der Waals surface area contributed by atoms with Crippen molar-refractivity contribution >= 4 is 12.1 Å². The van der Waals surface area contributed by atoms with E-state index in [1.807, 2.05) is 0 Å². The van der Waals surface area contributed by atoms with Crippen molar-refractivity contribution < 1.29 is 9.59 Å². The molecule has 2 N–H and O–H groups in total. The summed E-state index contributed by atoms with van der Waals surface area (Å²) >= 11 is 0. The Morgan fingerprint density at radius 2 is 1.11 bits per heavy atom. The Balaban J connectivity index is 1.07. The van der Waals surface area contributed by atoms with Gasteiger partial charge in [-0.25, -0.2) is 9.59 Å². The van der Waals surface area contributed by atoms with E-state index in [9.17, 15) is 9.59 Å². The standard InChI is InChI=1S/C30H52N4O2/c1-27(2)11-23-13-29(5,17-27)19-33(23)25(35)31-15-21-8-7-9-22(10-21)16-32-26(36)34-20-30(6)14-24(34)12-28(3,4)18-30/h21-24H,7-20H2,1-6H3,(H,31,35)(H,32,36)/t21-,22+,23-,24+,29+,30-. The fraction of sp³-hybridized carbons (Fsp3) is 0.933. The number of amides is 4. The summed E-state index contributed by atoms with van der Waals surface area (Å²) in [5, 5.41) is 6.62. The average Bonchev–Trinajstić information content (AvgIpc) is 3.16. The van der Waals surface area contributed by atoms with Gasteiger partial charge in [0.1, 0.15) is 0 Å². The van der Waals surface area contributed by atoms with Crippen molar-refractivity contribution in [3.8, 4) is 0 Å². The molecule has 5 rings (SSSR count). The van der Waals surface area contributed by atoms with Crippen molar-refractivity contribution in [2.45, 2.75) is 118 Å². The van der Waals surface area contributed by atoms with Gasteiger partial charge in [-0.05, 0) is 91.3 Å². The van der Waals surface area contributed by atoms with Gasteiger partial charge in [0.25, 0.3) is 0 Å². The summed E-state index contributed by atoms with van der Waals surface area (Å²) in [6.07, 6.45) is 11.6. The van der Waals surface area contributed by atoms with Gasteiger partial charge in [-0.3, -0.25) is 0 Å². The first kappa shape index (κ1) is 26.2. The van der Waals surface area contributed by atoms with Crippen LogP contribution in [0, 0.1) is 33.5 Å². The Kier molecular flexibility index (Phi) is 6.60. The zero-order valence-electron chi connectivity index (χ0n) is 23.9. The summed E-state index contributed by atoms with van der Waals surface area (Å²) in [5.74, 6) is 1.04. The number of carbonyl (C=O) groups is 2. The molecule has 0 radical (unpaired) electrons. The van der Waals surface area contributed by atoms with Gasteiger partial charge in [0, 0.05) is 38.3 Å². The van der Waals surface area contributed by atoms with Crippen LogP contribution in [0.5, 0.6) is 0 Å². The molecule has 6 heteroatoms. The lowest BCUT2D eigenvalue weighted by Crippen LogP contribution is -2.46. The first-order chi connectivity index (χ1) is 16.7. The molecule has 6 nitrogen and oxygen atoms in total. The van der Waals surface area contributed by atoms with Crippen LogP contribution < -0.4 is 10.6 Å². The highest BCUT2D eigenvalue weighted by Crippen LogP contribution is 2.53. The molecule has 6 atom stereocenters. The van der Waals surface area contributed by atoms with Crippen LogP contribution in [0.3, 0.4) is 0 Å². The van der Waals surface area contributed by atoms with E-state index < -0.39 is 0 Å². The third-order valence-corrected chi connectivity index (χ3v) is 10.3. The van der Waals surface area contributed by atoms with Crippen molar-refractivity contribution in [1.82, 2.24) is 20.4 Å². The van der Waals surface area contributed by atoms with Crippen LogP contribution in [-0.2, 0) is 0 Å². The molecule has 0 aromatic heterocycles. The lowest BCUT2D eigenvalue weighted by molar-refractivity contribution is 0.128. The van der Waals surface area contributed by atoms with Gasteiger partial charge in [-0.2, -0.15) is 0 Å². The van der Waals surface area contributed by atoms with Gasteiger partial charge in [-0.15, -0.1) is 0 Å². The van der Waals surface area contributed by atoms with Crippen molar-refractivity contribution in [3.05, 3.63) is 0 Å². The summed E-state index contributed by atoms with van der Waals surface area (Å²) in [6.45, 7) is 17.5. The van der Waals surface area contributed by atoms with E-state index in [0.717, 1.165) is 58.3 Å². The number of nitrogens with zero attached hydrogens (tertiary/aromatic N) is 2. The highest BCUT2D eigenvalue weighted by atomic mass is 16.2. The number of hydrogen-bond donors (Lipinski definition) is 2. The maximum Gasteiger partial charge on any atom is 0.317 e.